The van der Waals surface area contributed by atoms with Crippen LogP contribution in [0.2, 0.25) is 0 Å². The minimum absolute atomic E-state index is 0.152. The van der Waals surface area contributed by atoms with E-state index in [-0.39, 0.29) is 23.5 Å². The molecule has 0 N–H and O–H groups in total. The quantitative estimate of drug-likeness (QED) is 0.198. The van der Waals surface area contributed by atoms with Crippen LogP contribution >= 0.6 is 0 Å². The summed E-state index contributed by atoms with van der Waals surface area (Å²) in [5, 5.41) is 11.1. The number of methoxy groups -OCH3 is 1. The fraction of sp³-hybridized carbons (Fsp3) is 0.280. The van der Waals surface area contributed by atoms with Gasteiger partial charge in [-0.25, -0.2) is 0 Å². The van der Waals surface area contributed by atoms with Gasteiger partial charge >= 0.3 is 5.97 Å². The minimum Gasteiger partial charge on any atom is -0.497 e. The van der Waals surface area contributed by atoms with Crippen LogP contribution in [0.3, 0.4) is 0 Å². The second-order valence-electron chi connectivity index (χ2n) is 7.68. The number of ketones is 1. The number of hydrogen-bond acceptors (Lipinski definition) is 6. The number of hydrogen-bond donors (Lipinski definition) is 0. The van der Waals surface area contributed by atoms with Crippen LogP contribution in [0.4, 0.5) is 5.69 Å². The Hall–Kier alpha value is -3.94. The van der Waals surface area contributed by atoms with Gasteiger partial charge in [-0.15, -0.1) is 0 Å². The predicted octanol–water partition coefficient (Wildman–Crippen LogP) is 4.23. The summed E-state index contributed by atoms with van der Waals surface area (Å²) >= 11 is 0. The van der Waals surface area contributed by atoms with E-state index < -0.39 is 17.5 Å². The Labute approximate surface area is 191 Å². The highest BCUT2D eigenvalue weighted by atomic mass is 16.6. The standard InChI is InChI=1S/C25H26N2O6/c1-17-14-22(18(2)26(17)13-12-19-8-10-21(32-3)11-9-19)24(28)16-33-25(29)15-20-6-4-5-7-23(20)27(30)31/h4-11,14H,12-13,15-16H2,1-3H3. The van der Waals surface area contributed by atoms with Crippen molar-refractivity contribution in [2.45, 2.75) is 33.2 Å². The molecule has 0 bridgehead atoms. The largest absolute Gasteiger partial charge is 0.497 e. The number of nitro benzene ring substituents is 1. The van der Waals surface area contributed by atoms with Crippen LogP contribution in [0, 0.1) is 24.0 Å². The average Bonchev–Trinajstić information content (AvgIpc) is 3.09. The molecule has 0 atom stereocenters. The smallest absolute Gasteiger partial charge is 0.310 e. The van der Waals surface area contributed by atoms with E-state index >= 15 is 0 Å². The number of aromatic nitrogens is 1. The zero-order valence-electron chi connectivity index (χ0n) is 18.9. The van der Waals surface area contributed by atoms with Gasteiger partial charge in [0.2, 0.25) is 5.78 Å². The fourth-order valence-corrected chi connectivity index (χ4v) is 3.73. The lowest BCUT2D eigenvalue weighted by Gasteiger charge is -2.10. The van der Waals surface area contributed by atoms with E-state index in [4.69, 9.17) is 9.47 Å². The molecule has 0 fully saturated rings. The van der Waals surface area contributed by atoms with Crippen molar-refractivity contribution in [1.82, 2.24) is 4.57 Å². The van der Waals surface area contributed by atoms with Gasteiger partial charge in [0.25, 0.3) is 5.69 Å². The Bertz CT molecular complexity index is 1160. The summed E-state index contributed by atoms with van der Waals surface area (Å²) < 4.78 is 12.4. The molecule has 0 aliphatic carbocycles. The second kappa shape index (κ2) is 10.6. The molecule has 1 aromatic heterocycles. The van der Waals surface area contributed by atoms with Crippen molar-refractivity contribution in [1.29, 1.82) is 0 Å². The van der Waals surface area contributed by atoms with Crippen LogP contribution in [0.5, 0.6) is 5.75 Å². The predicted molar refractivity (Wildman–Crippen MR) is 123 cm³/mol. The van der Waals surface area contributed by atoms with Gasteiger partial charge in [-0.2, -0.15) is 0 Å². The summed E-state index contributed by atoms with van der Waals surface area (Å²) in [6.07, 6.45) is 0.518. The first-order valence-electron chi connectivity index (χ1n) is 10.5. The molecular weight excluding hydrogens is 424 g/mol. The number of para-hydroxylation sites is 1. The molecule has 3 rings (SSSR count). The van der Waals surface area contributed by atoms with Gasteiger partial charge in [0.15, 0.2) is 6.61 Å². The maximum atomic E-state index is 12.7. The summed E-state index contributed by atoms with van der Waals surface area (Å²) in [5.74, 6) is -0.197. The first-order chi connectivity index (χ1) is 15.8. The third-order valence-corrected chi connectivity index (χ3v) is 5.54. The molecule has 0 amide bonds. The highest BCUT2D eigenvalue weighted by Gasteiger charge is 2.20. The van der Waals surface area contributed by atoms with E-state index in [0.717, 1.165) is 29.1 Å². The topological polar surface area (TPSA) is 101 Å². The number of carbonyl (C=O) groups excluding carboxylic acids is 2. The zero-order chi connectivity index (χ0) is 24.0. The van der Waals surface area contributed by atoms with Crippen molar-refractivity contribution >= 4 is 17.4 Å². The van der Waals surface area contributed by atoms with E-state index in [1.807, 2.05) is 38.1 Å². The number of benzene rings is 2. The number of rotatable bonds is 10. The van der Waals surface area contributed by atoms with Gasteiger partial charge in [-0.1, -0.05) is 30.3 Å². The van der Waals surface area contributed by atoms with Crippen molar-refractivity contribution in [3.63, 3.8) is 0 Å². The number of carbonyl (C=O) groups is 2. The molecule has 8 heteroatoms. The average molecular weight is 450 g/mol. The first kappa shape index (κ1) is 23.7. The van der Waals surface area contributed by atoms with E-state index in [1.54, 1.807) is 19.2 Å². The molecule has 172 valence electrons. The molecule has 2 aromatic carbocycles. The summed E-state index contributed by atoms with van der Waals surface area (Å²) in [6, 6.07) is 15.6. The van der Waals surface area contributed by atoms with Crippen molar-refractivity contribution in [3.8, 4) is 5.75 Å². The van der Waals surface area contributed by atoms with Gasteiger partial charge in [0, 0.05) is 35.1 Å². The number of nitrogens with zero attached hydrogens (tertiary/aromatic N) is 2. The van der Waals surface area contributed by atoms with E-state index in [9.17, 15) is 19.7 Å². The maximum Gasteiger partial charge on any atom is 0.310 e. The summed E-state index contributed by atoms with van der Waals surface area (Å²) in [6.45, 7) is 4.08. The van der Waals surface area contributed by atoms with Crippen molar-refractivity contribution in [3.05, 3.63) is 92.8 Å². The van der Waals surface area contributed by atoms with Crippen LogP contribution in [-0.2, 0) is 28.9 Å². The molecule has 3 aromatic rings. The molecule has 0 aliphatic rings. The Balaban J connectivity index is 1.60. The van der Waals surface area contributed by atoms with Crippen molar-refractivity contribution in [2.24, 2.45) is 0 Å². The van der Waals surface area contributed by atoms with E-state index in [2.05, 4.69) is 4.57 Å². The molecule has 0 spiro atoms. The number of Topliss-reactive ketones (excluding diaryl/α,β-unsaturated/α-hetero) is 1. The normalized spacial score (nSPS) is 10.6. The SMILES string of the molecule is COc1ccc(CCn2c(C)cc(C(=O)COC(=O)Cc3ccccc3[N+](=O)[O-])c2C)cc1. The maximum absolute atomic E-state index is 12.7. The minimum atomic E-state index is -0.689. The van der Waals surface area contributed by atoms with Gasteiger partial charge in [-0.05, 0) is 44.0 Å². The fourth-order valence-electron chi connectivity index (χ4n) is 3.73. The zero-order valence-corrected chi connectivity index (χ0v) is 18.9. The number of ether oxygens (including phenoxy) is 2. The van der Waals surface area contributed by atoms with Crippen LogP contribution in [0.25, 0.3) is 0 Å². The van der Waals surface area contributed by atoms with Crippen LogP contribution in [0.15, 0.2) is 54.6 Å². The third-order valence-electron chi connectivity index (χ3n) is 5.54. The summed E-state index contributed by atoms with van der Waals surface area (Å²) in [5.41, 5.74) is 3.50. The summed E-state index contributed by atoms with van der Waals surface area (Å²) in [4.78, 5) is 35.4. The van der Waals surface area contributed by atoms with Gasteiger partial charge in [-0.3, -0.25) is 19.7 Å². The van der Waals surface area contributed by atoms with E-state index in [0.29, 0.717) is 12.1 Å². The molecular formula is C25H26N2O6. The van der Waals surface area contributed by atoms with Gasteiger partial charge in [0.1, 0.15) is 5.75 Å². The molecule has 8 nitrogen and oxygen atoms in total. The Kier molecular flexibility index (Phi) is 7.61. The lowest BCUT2D eigenvalue weighted by atomic mass is 10.1. The Morgan fingerprint density at radius 3 is 2.42 bits per heavy atom. The monoisotopic (exact) mass is 450 g/mol. The molecule has 0 saturated carbocycles. The molecule has 0 unspecified atom stereocenters. The first-order valence-corrected chi connectivity index (χ1v) is 10.5. The molecule has 0 radical (unpaired) electrons. The third kappa shape index (κ3) is 5.85. The molecule has 1 heterocycles. The van der Waals surface area contributed by atoms with Crippen LogP contribution in [-0.4, -0.2) is 35.0 Å². The molecule has 0 aliphatic heterocycles. The van der Waals surface area contributed by atoms with Crippen LogP contribution in [0.1, 0.15) is 32.9 Å². The summed E-state index contributed by atoms with van der Waals surface area (Å²) in [7, 11) is 1.63. The van der Waals surface area contributed by atoms with Crippen molar-refractivity contribution < 1.29 is 24.0 Å². The van der Waals surface area contributed by atoms with E-state index in [1.165, 1.54) is 18.2 Å². The Morgan fingerprint density at radius 1 is 1.06 bits per heavy atom. The van der Waals surface area contributed by atoms with Gasteiger partial charge < -0.3 is 14.0 Å². The van der Waals surface area contributed by atoms with Gasteiger partial charge in [0.05, 0.1) is 18.5 Å². The lowest BCUT2D eigenvalue weighted by molar-refractivity contribution is -0.385. The van der Waals surface area contributed by atoms with Crippen molar-refractivity contribution in [2.75, 3.05) is 13.7 Å². The number of nitro groups is 1. The highest BCUT2D eigenvalue weighted by molar-refractivity contribution is 5.99. The lowest BCUT2D eigenvalue weighted by Crippen LogP contribution is -2.17. The molecule has 33 heavy (non-hydrogen) atoms. The Morgan fingerprint density at radius 2 is 1.76 bits per heavy atom. The van der Waals surface area contributed by atoms with Crippen LogP contribution < -0.4 is 4.74 Å². The highest BCUT2D eigenvalue weighted by Crippen LogP contribution is 2.20. The molecule has 0 saturated heterocycles. The second-order valence-corrected chi connectivity index (χ2v) is 7.68. The number of aryl methyl sites for hydroxylation is 2. The number of esters is 1.